The van der Waals surface area contributed by atoms with Gasteiger partial charge in [-0.25, -0.2) is 13.8 Å². The van der Waals surface area contributed by atoms with Crippen LogP contribution in [0.15, 0.2) is 12.1 Å². The fraction of sp³-hybridized carbons (Fsp3) is 0.533. The third kappa shape index (κ3) is 3.35. The molecule has 0 N–H and O–H groups in total. The van der Waals surface area contributed by atoms with Gasteiger partial charge in [0, 0.05) is 18.3 Å². The van der Waals surface area contributed by atoms with Gasteiger partial charge < -0.3 is 9.47 Å². The highest BCUT2D eigenvalue weighted by atomic mass is 35.5. The Morgan fingerprint density at radius 2 is 2.05 bits per heavy atom. The van der Waals surface area contributed by atoms with E-state index < -0.39 is 11.6 Å². The van der Waals surface area contributed by atoms with E-state index >= 15 is 0 Å². The van der Waals surface area contributed by atoms with Gasteiger partial charge in [0.05, 0.1) is 5.52 Å². The molecular weight excluding hydrogens is 296 g/mol. The first-order chi connectivity index (χ1) is 9.95. The van der Waals surface area contributed by atoms with E-state index in [1.807, 2.05) is 21.0 Å². The van der Waals surface area contributed by atoms with Crippen molar-refractivity contribution in [1.82, 2.24) is 14.5 Å². The van der Waals surface area contributed by atoms with Crippen molar-refractivity contribution in [3.05, 3.63) is 29.6 Å². The molecule has 1 heterocycles. The average molecular weight is 316 g/mol. The Morgan fingerprint density at radius 1 is 1.33 bits per heavy atom. The lowest BCUT2D eigenvalue weighted by Crippen LogP contribution is -2.19. The Balaban J connectivity index is 2.51. The van der Waals surface area contributed by atoms with Crippen molar-refractivity contribution in [2.75, 3.05) is 26.5 Å². The van der Waals surface area contributed by atoms with E-state index in [1.54, 1.807) is 4.57 Å². The van der Waals surface area contributed by atoms with Gasteiger partial charge in [0.25, 0.3) is 0 Å². The van der Waals surface area contributed by atoms with Gasteiger partial charge in [-0.2, -0.15) is 0 Å². The molecule has 6 heteroatoms. The summed E-state index contributed by atoms with van der Waals surface area (Å²) in [7, 11) is 3.97. The first-order valence-electron chi connectivity index (χ1n) is 7.01. The number of aromatic nitrogens is 2. The van der Waals surface area contributed by atoms with E-state index in [0.29, 0.717) is 23.6 Å². The zero-order valence-electron chi connectivity index (χ0n) is 12.5. The first-order valence-corrected chi connectivity index (χ1v) is 7.54. The molecule has 0 saturated heterocycles. The van der Waals surface area contributed by atoms with Crippen LogP contribution in [0.25, 0.3) is 11.0 Å². The number of benzene rings is 1. The maximum atomic E-state index is 14.2. The largest absolute Gasteiger partial charge is 0.323 e. The standard InChI is InChI=1S/C15H20ClF2N3/c1-10(7-9-20(2)3)21-13(6-8-16)19-12-5-4-11(17)14(18)15(12)21/h4-5,10H,6-9H2,1-3H3. The summed E-state index contributed by atoms with van der Waals surface area (Å²) in [5.41, 5.74) is 0.715. The Hall–Kier alpha value is -1.20. The van der Waals surface area contributed by atoms with Crippen LogP contribution in [0.2, 0.25) is 0 Å². The second-order valence-corrected chi connectivity index (χ2v) is 5.89. The van der Waals surface area contributed by atoms with Crippen molar-refractivity contribution in [2.24, 2.45) is 0 Å². The number of fused-ring (bicyclic) bond motifs is 1. The summed E-state index contributed by atoms with van der Waals surface area (Å²) in [5, 5.41) is 0. The molecule has 0 aliphatic carbocycles. The number of hydrogen-bond acceptors (Lipinski definition) is 2. The summed E-state index contributed by atoms with van der Waals surface area (Å²) in [5.74, 6) is -0.581. The maximum Gasteiger partial charge on any atom is 0.184 e. The Kier molecular flexibility index (Phi) is 5.17. The molecular formula is C15H20ClF2N3. The molecule has 0 spiro atoms. The number of halogens is 3. The average Bonchev–Trinajstić information content (AvgIpc) is 2.80. The molecule has 21 heavy (non-hydrogen) atoms. The molecule has 0 amide bonds. The monoisotopic (exact) mass is 315 g/mol. The maximum absolute atomic E-state index is 14.2. The summed E-state index contributed by atoms with van der Waals surface area (Å²) in [6.45, 7) is 2.85. The van der Waals surface area contributed by atoms with Crippen LogP contribution in [0.5, 0.6) is 0 Å². The lowest BCUT2D eigenvalue weighted by Gasteiger charge is -2.20. The number of alkyl halides is 1. The zero-order valence-corrected chi connectivity index (χ0v) is 13.3. The van der Waals surface area contributed by atoms with Crippen LogP contribution in [0.1, 0.15) is 25.2 Å². The molecule has 1 atom stereocenters. The second kappa shape index (κ2) is 6.71. The molecule has 1 unspecified atom stereocenters. The van der Waals surface area contributed by atoms with E-state index in [1.165, 1.54) is 6.07 Å². The molecule has 1 aromatic heterocycles. The van der Waals surface area contributed by atoms with E-state index in [9.17, 15) is 8.78 Å². The molecule has 2 aromatic rings. The number of hydrogen-bond donors (Lipinski definition) is 0. The van der Waals surface area contributed by atoms with E-state index in [2.05, 4.69) is 9.88 Å². The van der Waals surface area contributed by atoms with Crippen LogP contribution in [-0.2, 0) is 6.42 Å². The van der Waals surface area contributed by atoms with Gasteiger partial charge in [-0.05, 0) is 46.1 Å². The van der Waals surface area contributed by atoms with Gasteiger partial charge in [0.1, 0.15) is 11.3 Å². The van der Waals surface area contributed by atoms with Crippen LogP contribution in [-0.4, -0.2) is 41.0 Å². The van der Waals surface area contributed by atoms with E-state index in [0.717, 1.165) is 19.0 Å². The first kappa shape index (κ1) is 16.2. The number of aryl methyl sites for hydroxylation is 1. The summed E-state index contributed by atoms with van der Waals surface area (Å²) >= 11 is 5.81. The fourth-order valence-electron chi connectivity index (χ4n) is 2.48. The van der Waals surface area contributed by atoms with Gasteiger partial charge in [-0.3, -0.25) is 0 Å². The van der Waals surface area contributed by atoms with Crippen LogP contribution in [0, 0.1) is 11.6 Å². The molecule has 116 valence electrons. The Bertz CT molecular complexity index is 625. The summed E-state index contributed by atoms with van der Waals surface area (Å²) in [6, 6.07) is 2.65. The van der Waals surface area contributed by atoms with Crippen molar-refractivity contribution >= 4 is 22.6 Å². The molecule has 2 rings (SSSR count). The third-order valence-corrected chi connectivity index (χ3v) is 3.76. The van der Waals surface area contributed by atoms with Gasteiger partial charge in [0.2, 0.25) is 0 Å². The van der Waals surface area contributed by atoms with Crippen molar-refractivity contribution in [3.63, 3.8) is 0 Å². The summed E-state index contributed by atoms with van der Waals surface area (Å²) < 4.78 is 29.5. The zero-order chi connectivity index (χ0) is 15.6. The van der Waals surface area contributed by atoms with Crippen LogP contribution in [0.3, 0.4) is 0 Å². The normalized spacial score (nSPS) is 13.3. The minimum Gasteiger partial charge on any atom is -0.323 e. The molecule has 0 fully saturated rings. The van der Waals surface area contributed by atoms with E-state index in [-0.39, 0.29) is 11.6 Å². The van der Waals surface area contributed by atoms with Gasteiger partial charge >= 0.3 is 0 Å². The smallest absolute Gasteiger partial charge is 0.184 e. The number of nitrogens with zero attached hydrogens (tertiary/aromatic N) is 3. The number of imidazole rings is 1. The van der Waals surface area contributed by atoms with Crippen molar-refractivity contribution in [3.8, 4) is 0 Å². The van der Waals surface area contributed by atoms with E-state index in [4.69, 9.17) is 11.6 Å². The van der Waals surface area contributed by atoms with Crippen LogP contribution < -0.4 is 0 Å². The minimum atomic E-state index is -0.846. The minimum absolute atomic E-state index is 0.0203. The highest BCUT2D eigenvalue weighted by Gasteiger charge is 2.20. The highest BCUT2D eigenvalue weighted by molar-refractivity contribution is 6.17. The lowest BCUT2D eigenvalue weighted by atomic mass is 10.2. The second-order valence-electron chi connectivity index (χ2n) is 5.51. The SMILES string of the molecule is CC(CCN(C)C)n1c(CCCl)nc2ccc(F)c(F)c21. The topological polar surface area (TPSA) is 21.1 Å². The van der Waals surface area contributed by atoms with Gasteiger partial charge in [-0.15, -0.1) is 11.6 Å². The van der Waals surface area contributed by atoms with Gasteiger partial charge in [0.15, 0.2) is 11.6 Å². The quantitative estimate of drug-likeness (QED) is 0.759. The predicted octanol–water partition coefficient (Wildman–Crippen LogP) is 3.61. The Labute approximate surface area is 128 Å². The van der Waals surface area contributed by atoms with Crippen molar-refractivity contribution in [2.45, 2.75) is 25.8 Å². The number of rotatable bonds is 6. The van der Waals surface area contributed by atoms with Gasteiger partial charge in [-0.1, -0.05) is 0 Å². The molecule has 3 nitrogen and oxygen atoms in total. The van der Waals surface area contributed by atoms with Crippen LogP contribution in [0.4, 0.5) is 8.78 Å². The predicted molar refractivity (Wildman–Crippen MR) is 82.0 cm³/mol. The Morgan fingerprint density at radius 3 is 2.67 bits per heavy atom. The molecule has 0 saturated carbocycles. The van der Waals surface area contributed by atoms with Crippen molar-refractivity contribution in [1.29, 1.82) is 0 Å². The highest BCUT2D eigenvalue weighted by Crippen LogP contribution is 2.27. The molecule has 0 bridgehead atoms. The summed E-state index contributed by atoms with van der Waals surface area (Å²) in [4.78, 5) is 6.47. The summed E-state index contributed by atoms with van der Waals surface area (Å²) in [6.07, 6.45) is 1.35. The molecule has 0 aliphatic heterocycles. The molecule has 0 aliphatic rings. The molecule has 1 aromatic carbocycles. The van der Waals surface area contributed by atoms with Crippen LogP contribution >= 0.6 is 11.6 Å². The van der Waals surface area contributed by atoms with Crippen molar-refractivity contribution < 1.29 is 8.78 Å². The lowest BCUT2D eigenvalue weighted by molar-refractivity contribution is 0.356. The third-order valence-electron chi connectivity index (χ3n) is 3.57. The molecule has 0 radical (unpaired) electrons. The fourth-order valence-corrected chi connectivity index (χ4v) is 2.65.